The summed E-state index contributed by atoms with van der Waals surface area (Å²) in [6.07, 6.45) is 6.97. The number of aryl methyl sites for hydroxylation is 1. The summed E-state index contributed by atoms with van der Waals surface area (Å²) in [5.74, 6) is 0. The van der Waals surface area contributed by atoms with Gasteiger partial charge >= 0.3 is 0 Å². The first kappa shape index (κ1) is 21.1. The predicted octanol–water partition coefficient (Wildman–Crippen LogP) is 4.84. The lowest BCUT2D eigenvalue weighted by molar-refractivity contribution is -0.0643. The van der Waals surface area contributed by atoms with Gasteiger partial charge in [0.1, 0.15) is 6.79 Å². The summed E-state index contributed by atoms with van der Waals surface area (Å²) in [4.78, 5) is 0. The van der Waals surface area contributed by atoms with Gasteiger partial charge in [0.25, 0.3) is 0 Å². The number of hydrogen-bond acceptors (Lipinski definition) is 3. The Morgan fingerprint density at radius 3 is 2.38 bits per heavy atom. The molecule has 3 nitrogen and oxygen atoms in total. The fourth-order valence-corrected chi connectivity index (χ4v) is 4.23. The van der Waals surface area contributed by atoms with E-state index in [0.717, 1.165) is 19.4 Å². The fourth-order valence-electron chi connectivity index (χ4n) is 2.55. The summed E-state index contributed by atoms with van der Waals surface area (Å²) in [7, 11) is 0.418. The Hall–Kier alpha value is -0.943. The number of hydrogen-bond donors (Lipinski definition) is 0. The molecule has 0 radical (unpaired) electrons. The minimum atomic E-state index is -1.25. The molecule has 1 aromatic rings. The van der Waals surface area contributed by atoms with Gasteiger partial charge < -0.3 is 14.2 Å². The quantitative estimate of drug-likeness (QED) is 0.289. The van der Waals surface area contributed by atoms with Gasteiger partial charge in [-0.25, -0.2) is 0 Å². The third-order valence-corrected chi connectivity index (χ3v) is 6.35. The largest absolute Gasteiger partial charge is 0.382 e. The Bertz CT molecular complexity index is 452. The molecule has 0 atom stereocenters. The molecule has 0 aliphatic heterocycles. The van der Waals surface area contributed by atoms with E-state index in [0.29, 0.717) is 20.0 Å². The molecule has 4 heteroatoms. The molecular weight excluding hydrogens is 316 g/mol. The van der Waals surface area contributed by atoms with Crippen LogP contribution in [0.1, 0.15) is 24.8 Å². The lowest BCUT2D eigenvalue weighted by Crippen LogP contribution is -2.24. The Labute approximate surface area is 149 Å². The Morgan fingerprint density at radius 1 is 1.00 bits per heavy atom. The highest BCUT2D eigenvalue weighted by molar-refractivity contribution is 6.83. The van der Waals surface area contributed by atoms with Crippen LogP contribution in [-0.2, 0) is 20.6 Å². The van der Waals surface area contributed by atoms with Crippen LogP contribution in [0, 0.1) is 0 Å². The lowest BCUT2D eigenvalue weighted by atomic mass is 10.1. The normalized spacial score (nSPS) is 12.6. The van der Waals surface area contributed by atoms with Crippen molar-refractivity contribution in [3.63, 3.8) is 0 Å². The van der Waals surface area contributed by atoms with Crippen LogP contribution in [0.2, 0.25) is 19.6 Å². The van der Waals surface area contributed by atoms with Crippen LogP contribution in [0.15, 0.2) is 41.6 Å². The monoisotopic (exact) mass is 350 g/mol. The van der Waals surface area contributed by atoms with Crippen LogP contribution in [0.5, 0.6) is 0 Å². The molecule has 0 aliphatic carbocycles. The average Bonchev–Trinajstić information content (AvgIpc) is 2.55. The van der Waals surface area contributed by atoms with Crippen molar-refractivity contribution in [3.05, 3.63) is 47.2 Å². The van der Waals surface area contributed by atoms with Crippen molar-refractivity contribution in [3.8, 4) is 0 Å². The van der Waals surface area contributed by atoms with E-state index in [1.165, 1.54) is 18.4 Å². The van der Waals surface area contributed by atoms with Crippen molar-refractivity contribution >= 4 is 8.07 Å². The van der Waals surface area contributed by atoms with Gasteiger partial charge in [-0.3, -0.25) is 0 Å². The average molecular weight is 351 g/mol. The van der Waals surface area contributed by atoms with Crippen molar-refractivity contribution in [1.29, 1.82) is 0 Å². The van der Waals surface area contributed by atoms with Gasteiger partial charge in [-0.05, 0) is 31.2 Å². The highest BCUT2D eigenvalue weighted by Gasteiger charge is 2.18. The molecule has 0 bridgehead atoms. The number of benzene rings is 1. The summed E-state index contributed by atoms with van der Waals surface area (Å²) in [5.41, 5.74) is 1.43. The van der Waals surface area contributed by atoms with Crippen molar-refractivity contribution in [2.45, 2.75) is 45.3 Å². The number of methoxy groups -OCH3 is 1. The maximum absolute atomic E-state index is 5.51. The first-order valence-corrected chi connectivity index (χ1v) is 12.4. The first-order chi connectivity index (χ1) is 11.5. The smallest absolute Gasteiger partial charge is 0.146 e. The fraction of sp³-hybridized carbons (Fsp3) is 0.600. The molecule has 136 valence electrons. The molecule has 0 spiro atoms. The molecule has 0 fully saturated rings. The first-order valence-electron chi connectivity index (χ1n) is 8.92. The molecule has 0 unspecified atom stereocenters. The van der Waals surface area contributed by atoms with E-state index in [-0.39, 0.29) is 0 Å². The Kier molecular flexibility index (Phi) is 10.9. The molecule has 0 saturated carbocycles. The molecule has 0 amide bonds. The third-order valence-electron chi connectivity index (χ3n) is 3.97. The van der Waals surface area contributed by atoms with Crippen LogP contribution < -0.4 is 0 Å². The SMILES string of the molecule is COCCOCOCC/C=C(/CCCc1ccccc1)[Si](C)(C)C. The second-order valence-corrected chi connectivity index (χ2v) is 12.2. The van der Waals surface area contributed by atoms with Gasteiger partial charge in [-0.2, -0.15) is 0 Å². The van der Waals surface area contributed by atoms with Crippen LogP contribution in [0.4, 0.5) is 0 Å². The van der Waals surface area contributed by atoms with Crippen molar-refractivity contribution in [1.82, 2.24) is 0 Å². The van der Waals surface area contributed by atoms with E-state index >= 15 is 0 Å². The summed E-state index contributed by atoms with van der Waals surface area (Å²) in [6.45, 7) is 9.56. The maximum atomic E-state index is 5.51. The molecule has 1 rings (SSSR count). The molecule has 0 N–H and O–H groups in total. The van der Waals surface area contributed by atoms with E-state index in [1.54, 1.807) is 12.3 Å². The third kappa shape index (κ3) is 10.0. The molecular formula is C20H34O3Si. The zero-order valence-electron chi connectivity index (χ0n) is 15.8. The molecule has 1 aromatic carbocycles. The highest BCUT2D eigenvalue weighted by atomic mass is 28.3. The van der Waals surface area contributed by atoms with Crippen molar-refractivity contribution in [2.24, 2.45) is 0 Å². The van der Waals surface area contributed by atoms with E-state index in [2.05, 4.69) is 56.0 Å². The Morgan fingerprint density at radius 2 is 1.71 bits per heavy atom. The van der Waals surface area contributed by atoms with Gasteiger partial charge in [0.05, 0.1) is 27.9 Å². The molecule has 0 aliphatic rings. The van der Waals surface area contributed by atoms with Gasteiger partial charge in [-0.15, -0.1) is 0 Å². The number of ether oxygens (including phenoxy) is 3. The van der Waals surface area contributed by atoms with E-state index in [1.807, 2.05) is 0 Å². The summed E-state index contributed by atoms with van der Waals surface area (Å²) >= 11 is 0. The summed E-state index contributed by atoms with van der Waals surface area (Å²) in [5, 5.41) is 1.65. The topological polar surface area (TPSA) is 27.7 Å². The molecule has 0 aromatic heterocycles. The minimum Gasteiger partial charge on any atom is -0.382 e. The van der Waals surface area contributed by atoms with E-state index < -0.39 is 8.07 Å². The lowest BCUT2D eigenvalue weighted by Gasteiger charge is -2.21. The highest BCUT2D eigenvalue weighted by Crippen LogP contribution is 2.21. The van der Waals surface area contributed by atoms with Gasteiger partial charge in [0.15, 0.2) is 0 Å². The van der Waals surface area contributed by atoms with Crippen LogP contribution in [0.25, 0.3) is 0 Å². The zero-order valence-corrected chi connectivity index (χ0v) is 16.8. The van der Waals surface area contributed by atoms with E-state index in [4.69, 9.17) is 14.2 Å². The predicted molar refractivity (Wildman–Crippen MR) is 104 cm³/mol. The summed E-state index contributed by atoms with van der Waals surface area (Å²) in [6, 6.07) is 10.8. The van der Waals surface area contributed by atoms with Gasteiger partial charge in [0, 0.05) is 7.11 Å². The molecule has 24 heavy (non-hydrogen) atoms. The standard InChI is InChI=1S/C20H34O3Si/c1-21-16-17-23-18-22-15-9-14-20(24(2,3)4)13-8-12-19-10-6-5-7-11-19/h5-7,10-11,14H,8-9,12-13,15-18H2,1-4H3/b20-14-. The summed E-state index contributed by atoms with van der Waals surface area (Å²) < 4.78 is 15.7. The number of allylic oxidation sites excluding steroid dienone is 1. The van der Waals surface area contributed by atoms with Crippen molar-refractivity contribution < 1.29 is 14.2 Å². The number of rotatable bonds is 13. The van der Waals surface area contributed by atoms with Gasteiger partial charge in [0.2, 0.25) is 0 Å². The molecule has 0 saturated heterocycles. The second kappa shape index (κ2) is 12.4. The maximum Gasteiger partial charge on any atom is 0.146 e. The van der Waals surface area contributed by atoms with Gasteiger partial charge in [-0.1, -0.05) is 61.2 Å². The second-order valence-electron chi connectivity index (χ2n) is 7.03. The minimum absolute atomic E-state index is 0.355. The van der Waals surface area contributed by atoms with Crippen molar-refractivity contribution in [2.75, 3.05) is 33.7 Å². The van der Waals surface area contributed by atoms with Crippen LogP contribution >= 0.6 is 0 Å². The van der Waals surface area contributed by atoms with E-state index in [9.17, 15) is 0 Å². The van der Waals surface area contributed by atoms with Crippen LogP contribution in [-0.4, -0.2) is 41.8 Å². The Balaban J connectivity index is 2.28. The van der Waals surface area contributed by atoms with Crippen LogP contribution in [0.3, 0.4) is 0 Å². The molecule has 0 heterocycles. The zero-order chi connectivity index (χ0) is 17.7.